The van der Waals surface area contributed by atoms with E-state index in [0.717, 1.165) is 29.5 Å². The van der Waals surface area contributed by atoms with Gasteiger partial charge in [-0.3, -0.25) is 0 Å². The molecule has 46 heavy (non-hydrogen) atoms. The van der Waals surface area contributed by atoms with Gasteiger partial charge in [0.05, 0.1) is 22.0 Å². The SMILES string of the molecule is CNS(=O)(=O)c1cccc(OCC(O)CNC2COC3(CCN(S(=O)(=O)c4cccc(-c5ccc(C6(N)CC6)cc5)c4)CC3)C2)c1. The molecule has 2 saturated heterocycles. The van der Waals surface area contributed by atoms with E-state index in [9.17, 15) is 21.9 Å². The van der Waals surface area contributed by atoms with Crippen LogP contribution in [0, 0.1) is 0 Å². The maximum Gasteiger partial charge on any atom is 0.243 e. The number of piperidine rings is 1. The molecule has 248 valence electrons. The van der Waals surface area contributed by atoms with Crippen molar-refractivity contribution in [3.8, 4) is 16.9 Å². The van der Waals surface area contributed by atoms with E-state index in [-0.39, 0.29) is 34.5 Å². The third kappa shape index (κ3) is 7.16. The molecule has 1 aliphatic carbocycles. The molecular formula is C33H42N4O7S2. The molecule has 3 aromatic carbocycles. The summed E-state index contributed by atoms with van der Waals surface area (Å²) in [5.41, 5.74) is 8.61. The van der Waals surface area contributed by atoms with Crippen molar-refractivity contribution in [2.45, 2.75) is 65.2 Å². The summed E-state index contributed by atoms with van der Waals surface area (Å²) in [6.07, 6.45) is 3.05. The molecule has 3 fully saturated rings. The number of hydrogen-bond acceptors (Lipinski definition) is 9. The van der Waals surface area contributed by atoms with E-state index in [0.29, 0.717) is 44.7 Å². The van der Waals surface area contributed by atoms with Crippen LogP contribution in [-0.4, -0.2) is 83.9 Å². The molecule has 1 saturated carbocycles. The lowest BCUT2D eigenvalue weighted by Gasteiger charge is -2.38. The smallest absolute Gasteiger partial charge is 0.243 e. The van der Waals surface area contributed by atoms with Crippen molar-refractivity contribution in [2.75, 3.05) is 39.9 Å². The normalized spacial score (nSPS) is 21.7. The predicted octanol–water partition coefficient (Wildman–Crippen LogP) is 2.55. The highest BCUT2D eigenvalue weighted by Gasteiger charge is 2.45. The number of aliphatic hydroxyl groups is 1. The van der Waals surface area contributed by atoms with Gasteiger partial charge in [0.2, 0.25) is 20.0 Å². The van der Waals surface area contributed by atoms with Crippen molar-refractivity contribution in [3.63, 3.8) is 0 Å². The summed E-state index contributed by atoms with van der Waals surface area (Å²) in [6.45, 7) is 1.46. The summed E-state index contributed by atoms with van der Waals surface area (Å²) in [6, 6.07) is 21.3. The Morgan fingerprint density at radius 1 is 0.957 bits per heavy atom. The highest BCUT2D eigenvalue weighted by atomic mass is 32.2. The standard InChI is InChI=1S/C33H42N4O7S2/c1-35-45(39,40)30-6-3-5-29(19-30)43-23-28(38)21-36-27-20-32(44-22-27)14-16-37(17-15-32)46(41,42)31-7-2-4-25(18-31)24-8-10-26(11-9-24)33(34)12-13-33/h2-11,18-19,27-28,35-36,38H,12-17,20-23,34H2,1H3. The molecule has 11 nitrogen and oxygen atoms in total. The van der Waals surface area contributed by atoms with E-state index in [1.807, 2.05) is 30.3 Å². The maximum atomic E-state index is 13.6. The number of nitrogens with one attached hydrogen (secondary N) is 2. The fraction of sp³-hybridized carbons (Fsp3) is 0.455. The second-order valence-electron chi connectivity index (χ2n) is 12.6. The van der Waals surface area contributed by atoms with Gasteiger partial charge in [-0.05, 0) is 80.1 Å². The van der Waals surface area contributed by atoms with Gasteiger partial charge in [0, 0.05) is 37.3 Å². The van der Waals surface area contributed by atoms with Gasteiger partial charge >= 0.3 is 0 Å². The Morgan fingerprint density at radius 3 is 2.35 bits per heavy atom. The number of rotatable bonds is 12. The van der Waals surface area contributed by atoms with E-state index in [2.05, 4.69) is 10.0 Å². The number of ether oxygens (including phenoxy) is 2. The van der Waals surface area contributed by atoms with Crippen molar-refractivity contribution in [1.82, 2.24) is 14.3 Å². The Kier molecular flexibility index (Phi) is 9.31. The molecule has 3 aromatic rings. The summed E-state index contributed by atoms with van der Waals surface area (Å²) >= 11 is 0. The molecular weight excluding hydrogens is 629 g/mol. The van der Waals surface area contributed by atoms with E-state index >= 15 is 0 Å². The third-order valence-corrected chi connectivity index (χ3v) is 12.7. The first-order valence-corrected chi connectivity index (χ1v) is 18.6. The van der Waals surface area contributed by atoms with E-state index in [1.54, 1.807) is 34.6 Å². The van der Waals surface area contributed by atoms with Gasteiger partial charge in [-0.1, -0.05) is 42.5 Å². The van der Waals surface area contributed by atoms with Crippen LogP contribution in [0.25, 0.3) is 11.1 Å². The minimum absolute atomic E-state index is 0.0114. The minimum Gasteiger partial charge on any atom is -0.491 e. The Balaban J connectivity index is 0.985. The quantitative estimate of drug-likeness (QED) is 0.227. The Morgan fingerprint density at radius 2 is 1.65 bits per heavy atom. The molecule has 2 heterocycles. The van der Waals surface area contributed by atoms with Crippen LogP contribution >= 0.6 is 0 Å². The molecule has 2 atom stereocenters. The summed E-state index contributed by atoms with van der Waals surface area (Å²) < 4.78 is 67.0. The van der Waals surface area contributed by atoms with Crippen LogP contribution < -0.4 is 20.5 Å². The first kappa shape index (κ1) is 33.0. The van der Waals surface area contributed by atoms with Gasteiger partial charge in [0.15, 0.2) is 0 Å². The van der Waals surface area contributed by atoms with Gasteiger partial charge in [0.1, 0.15) is 18.5 Å². The number of sulfonamides is 2. The lowest BCUT2D eigenvalue weighted by Crippen LogP contribution is -2.47. The molecule has 0 amide bonds. The van der Waals surface area contributed by atoms with Crippen molar-refractivity contribution in [1.29, 1.82) is 0 Å². The molecule has 1 spiro atoms. The summed E-state index contributed by atoms with van der Waals surface area (Å²) in [5.74, 6) is 0.347. The topological polar surface area (TPSA) is 160 Å². The molecule has 5 N–H and O–H groups in total. The zero-order valence-electron chi connectivity index (χ0n) is 25.9. The number of nitrogens with two attached hydrogens (primary N) is 1. The van der Waals surface area contributed by atoms with Gasteiger partial charge in [-0.25, -0.2) is 21.6 Å². The van der Waals surface area contributed by atoms with E-state index in [4.69, 9.17) is 15.2 Å². The molecule has 6 rings (SSSR count). The van der Waals surface area contributed by atoms with Gasteiger partial charge in [-0.15, -0.1) is 0 Å². The number of hydrogen-bond donors (Lipinski definition) is 4. The van der Waals surface area contributed by atoms with Crippen LogP contribution in [0.15, 0.2) is 82.6 Å². The Labute approximate surface area is 271 Å². The molecule has 0 bridgehead atoms. The zero-order chi connectivity index (χ0) is 32.6. The first-order valence-electron chi connectivity index (χ1n) is 15.6. The second-order valence-corrected chi connectivity index (χ2v) is 16.4. The monoisotopic (exact) mass is 670 g/mol. The zero-order valence-corrected chi connectivity index (χ0v) is 27.5. The lowest BCUT2D eigenvalue weighted by molar-refractivity contribution is -0.0312. The lowest BCUT2D eigenvalue weighted by atomic mass is 9.88. The average molecular weight is 671 g/mol. The Hall–Kier alpha value is -2.88. The number of aliphatic hydroxyl groups excluding tert-OH is 1. The number of benzene rings is 3. The first-order chi connectivity index (χ1) is 21.9. The predicted molar refractivity (Wildman–Crippen MR) is 174 cm³/mol. The largest absolute Gasteiger partial charge is 0.491 e. The second kappa shape index (κ2) is 13.0. The van der Waals surface area contributed by atoms with Gasteiger partial charge in [0.25, 0.3) is 0 Å². The minimum atomic E-state index is -3.68. The third-order valence-electron chi connectivity index (χ3n) is 9.37. The van der Waals surface area contributed by atoms with Crippen LogP contribution in [0.5, 0.6) is 5.75 Å². The molecule has 2 unspecified atom stereocenters. The maximum absolute atomic E-state index is 13.6. The summed E-state index contributed by atoms with van der Waals surface area (Å²) in [4.78, 5) is 0.363. The van der Waals surface area contributed by atoms with Crippen molar-refractivity contribution < 1.29 is 31.4 Å². The molecule has 0 radical (unpaired) electrons. The van der Waals surface area contributed by atoms with Gasteiger partial charge < -0.3 is 25.6 Å². The van der Waals surface area contributed by atoms with Crippen LogP contribution in [0.3, 0.4) is 0 Å². The van der Waals surface area contributed by atoms with Crippen LogP contribution in [0.4, 0.5) is 0 Å². The highest BCUT2D eigenvalue weighted by Crippen LogP contribution is 2.43. The fourth-order valence-corrected chi connectivity index (χ4v) is 8.52. The van der Waals surface area contributed by atoms with Crippen molar-refractivity contribution >= 4 is 20.0 Å². The van der Waals surface area contributed by atoms with Crippen molar-refractivity contribution in [2.24, 2.45) is 5.73 Å². The highest BCUT2D eigenvalue weighted by molar-refractivity contribution is 7.89. The van der Waals surface area contributed by atoms with Crippen molar-refractivity contribution in [3.05, 3.63) is 78.4 Å². The fourth-order valence-electron chi connectivity index (χ4n) is 6.26. The number of nitrogens with zero attached hydrogens (tertiary/aromatic N) is 1. The van der Waals surface area contributed by atoms with Crippen LogP contribution in [-0.2, 0) is 30.3 Å². The van der Waals surface area contributed by atoms with Crippen LogP contribution in [0.1, 0.15) is 37.7 Å². The molecule has 0 aromatic heterocycles. The molecule has 3 aliphatic rings. The van der Waals surface area contributed by atoms with E-state index in [1.165, 1.54) is 19.2 Å². The van der Waals surface area contributed by atoms with Crippen LogP contribution in [0.2, 0.25) is 0 Å². The van der Waals surface area contributed by atoms with Gasteiger partial charge in [-0.2, -0.15) is 4.31 Å². The molecule has 2 aliphatic heterocycles. The summed E-state index contributed by atoms with van der Waals surface area (Å²) in [7, 11) is -5.93. The summed E-state index contributed by atoms with van der Waals surface area (Å²) in [5, 5.41) is 13.8. The van der Waals surface area contributed by atoms with E-state index < -0.39 is 31.8 Å². The Bertz CT molecular complexity index is 1750. The average Bonchev–Trinajstić information content (AvgIpc) is 3.71. The molecule has 13 heteroatoms.